The third kappa shape index (κ3) is 5.97. The van der Waals surface area contributed by atoms with Gasteiger partial charge in [-0.2, -0.15) is 0 Å². The molecule has 0 spiro atoms. The van der Waals surface area contributed by atoms with E-state index in [4.69, 9.17) is 4.98 Å². The quantitative estimate of drug-likeness (QED) is 0.359. The van der Waals surface area contributed by atoms with Crippen LogP contribution in [0.1, 0.15) is 82.2 Å². The van der Waals surface area contributed by atoms with Crippen molar-refractivity contribution in [3.63, 3.8) is 0 Å². The van der Waals surface area contributed by atoms with Gasteiger partial charge in [0.2, 0.25) is 5.91 Å². The number of amides is 1. The summed E-state index contributed by atoms with van der Waals surface area (Å²) in [5.74, 6) is 0.824. The third-order valence-corrected chi connectivity index (χ3v) is 7.03. The molecule has 1 amide bonds. The minimum absolute atomic E-state index is 0.113. The number of carbonyl (C=O) groups is 1. The molecule has 8 heteroatoms. The summed E-state index contributed by atoms with van der Waals surface area (Å²) in [5, 5.41) is 0. The highest BCUT2D eigenvalue weighted by Crippen LogP contribution is 2.29. The van der Waals surface area contributed by atoms with E-state index in [1.165, 1.54) is 5.56 Å². The average Bonchev–Trinajstić information content (AvgIpc) is 3.63. The SMILES string of the molecule is CCCCCn1c(CCC(=O)N(Cc2ccc(C)cc2)C2CC2)nc2c1c(=O)[nH]c(=O)n2CCCC. The highest BCUT2D eigenvalue weighted by atomic mass is 16.2. The molecule has 194 valence electrons. The number of nitrogens with one attached hydrogen (secondary N) is 1. The fourth-order valence-electron chi connectivity index (χ4n) is 4.75. The molecule has 3 aromatic rings. The van der Waals surface area contributed by atoms with Gasteiger partial charge in [-0.1, -0.05) is 62.9 Å². The Kier molecular flexibility index (Phi) is 8.44. The van der Waals surface area contributed by atoms with Crippen molar-refractivity contribution in [1.29, 1.82) is 0 Å². The maximum Gasteiger partial charge on any atom is 0.330 e. The van der Waals surface area contributed by atoms with Gasteiger partial charge in [-0.05, 0) is 38.2 Å². The van der Waals surface area contributed by atoms with Crippen LogP contribution in [0.4, 0.5) is 0 Å². The van der Waals surface area contributed by atoms with Crippen LogP contribution in [0.15, 0.2) is 33.9 Å². The van der Waals surface area contributed by atoms with Gasteiger partial charge in [0.25, 0.3) is 5.56 Å². The molecule has 1 fully saturated rings. The molecular weight excluding hydrogens is 454 g/mol. The topological polar surface area (TPSA) is 93.0 Å². The van der Waals surface area contributed by atoms with Gasteiger partial charge in [-0.25, -0.2) is 9.78 Å². The van der Waals surface area contributed by atoms with E-state index in [1.54, 1.807) is 4.57 Å². The molecule has 4 rings (SSSR count). The summed E-state index contributed by atoms with van der Waals surface area (Å²) in [6.45, 7) is 8.05. The number of carbonyl (C=O) groups excluding carboxylic acids is 1. The van der Waals surface area contributed by atoms with E-state index in [9.17, 15) is 14.4 Å². The van der Waals surface area contributed by atoms with Crippen LogP contribution in [0, 0.1) is 6.92 Å². The van der Waals surface area contributed by atoms with Crippen LogP contribution in [0.3, 0.4) is 0 Å². The lowest BCUT2D eigenvalue weighted by Gasteiger charge is -2.23. The second kappa shape index (κ2) is 11.7. The molecule has 1 N–H and O–H groups in total. The van der Waals surface area contributed by atoms with E-state index in [-0.39, 0.29) is 5.91 Å². The molecule has 8 nitrogen and oxygen atoms in total. The number of aryl methyl sites for hydroxylation is 4. The maximum absolute atomic E-state index is 13.4. The molecule has 1 aromatic carbocycles. The Bertz CT molecular complexity index is 1300. The zero-order chi connectivity index (χ0) is 25.7. The molecule has 0 aliphatic heterocycles. The summed E-state index contributed by atoms with van der Waals surface area (Å²) >= 11 is 0. The number of H-pyrrole nitrogens is 1. The number of fused-ring (bicyclic) bond motifs is 1. The molecule has 2 heterocycles. The molecule has 2 aromatic heterocycles. The van der Waals surface area contributed by atoms with Crippen LogP contribution in [0.5, 0.6) is 0 Å². The average molecular weight is 494 g/mol. The molecule has 0 atom stereocenters. The van der Waals surface area contributed by atoms with Crippen molar-refractivity contribution < 1.29 is 4.79 Å². The Morgan fingerprint density at radius 3 is 2.39 bits per heavy atom. The van der Waals surface area contributed by atoms with Gasteiger partial charge in [-0.3, -0.25) is 19.1 Å². The van der Waals surface area contributed by atoms with E-state index in [1.807, 2.05) is 9.47 Å². The first-order valence-electron chi connectivity index (χ1n) is 13.5. The van der Waals surface area contributed by atoms with E-state index < -0.39 is 11.2 Å². The van der Waals surface area contributed by atoms with Crippen molar-refractivity contribution in [2.75, 3.05) is 0 Å². The van der Waals surface area contributed by atoms with Crippen LogP contribution in [-0.2, 0) is 30.8 Å². The number of rotatable bonds is 13. The summed E-state index contributed by atoms with van der Waals surface area (Å²) in [5.41, 5.74) is 2.41. The number of aromatic nitrogens is 4. The number of unbranched alkanes of at least 4 members (excludes halogenated alkanes) is 3. The number of imidazole rings is 1. The lowest BCUT2D eigenvalue weighted by atomic mass is 10.1. The van der Waals surface area contributed by atoms with Crippen molar-refractivity contribution in [3.05, 3.63) is 62.1 Å². The fraction of sp³-hybridized carbons (Fsp3) is 0.571. The van der Waals surface area contributed by atoms with Crippen molar-refractivity contribution in [3.8, 4) is 0 Å². The van der Waals surface area contributed by atoms with Crippen LogP contribution in [0.2, 0.25) is 0 Å². The second-order valence-corrected chi connectivity index (χ2v) is 10.1. The van der Waals surface area contributed by atoms with Gasteiger partial charge < -0.3 is 9.47 Å². The van der Waals surface area contributed by atoms with E-state index in [2.05, 4.69) is 50.0 Å². The Hall–Kier alpha value is -3.16. The first kappa shape index (κ1) is 25.9. The van der Waals surface area contributed by atoms with Gasteiger partial charge in [0.15, 0.2) is 11.2 Å². The molecular formula is C28H39N5O3. The molecule has 0 unspecified atom stereocenters. The highest BCUT2D eigenvalue weighted by molar-refractivity contribution is 5.77. The van der Waals surface area contributed by atoms with E-state index in [0.29, 0.717) is 55.5 Å². The molecule has 36 heavy (non-hydrogen) atoms. The Morgan fingerprint density at radius 1 is 1.03 bits per heavy atom. The lowest BCUT2D eigenvalue weighted by molar-refractivity contribution is -0.132. The third-order valence-electron chi connectivity index (χ3n) is 7.03. The van der Waals surface area contributed by atoms with Crippen LogP contribution >= 0.6 is 0 Å². The van der Waals surface area contributed by atoms with Crippen LogP contribution in [0.25, 0.3) is 11.2 Å². The van der Waals surface area contributed by atoms with Gasteiger partial charge in [0, 0.05) is 38.5 Å². The van der Waals surface area contributed by atoms with E-state index in [0.717, 1.165) is 50.5 Å². The molecule has 0 radical (unpaired) electrons. The van der Waals surface area contributed by atoms with Crippen molar-refractivity contribution in [2.45, 2.75) is 104 Å². The van der Waals surface area contributed by atoms with E-state index >= 15 is 0 Å². The lowest BCUT2D eigenvalue weighted by Crippen LogP contribution is -2.33. The predicted molar refractivity (Wildman–Crippen MR) is 142 cm³/mol. The molecule has 0 saturated heterocycles. The zero-order valence-corrected chi connectivity index (χ0v) is 21.9. The van der Waals surface area contributed by atoms with Gasteiger partial charge >= 0.3 is 5.69 Å². The molecule has 1 aliphatic rings. The number of hydrogen-bond acceptors (Lipinski definition) is 4. The first-order chi connectivity index (χ1) is 17.4. The standard InChI is InChI=1S/C28H39N5O3/c1-4-6-8-18-31-23(29-26-25(31)27(35)30-28(36)32(26)17-7-5-2)15-16-24(34)33(22-13-14-22)19-21-11-9-20(3)10-12-21/h9-12,22H,4-8,13-19H2,1-3H3,(H,30,35,36). The first-order valence-corrected chi connectivity index (χ1v) is 13.5. The zero-order valence-electron chi connectivity index (χ0n) is 21.9. The van der Waals surface area contributed by atoms with Gasteiger partial charge in [-0.15, -0.1) is 0 Å². The Labute approximate surface area is 212 Å². The molecule has 1 saturated carbocycles. The number of aromatic amines is 1. The van der Waals surface area contributed by atoms with Crippen molar-refractivity contribution in [1.82, 2.24) is 24.0 Å². The second-order valence-electron chi connectivity index (χ2n) is 10.1. The number of hydrogen-bond donors (Lipinski definition) is 1. The Balaban J connectivity index is 1.60. The summed E-state index contributed by atoms with van der Waals surface area (Å²) in [7, 11) is 0. The van der Waals surface area contributed by atoms with Crippen molar-refractivity contribution >= 4 is 17.1 Å². The summed E-state index contributed by atoms with van der Waals surface area (Å²) < 4.78 is 3.52. The minimum atomic E-state index is -0.417. The summed E-state index contributed by atoms with van der Waals surface area (Å²) in [4.78, 5) is 48.1. The van der Waals surface area contributed by atoms with Gasteiger partial charge in [0.1, 0.15) is 5.82 Å². The maximum atomic E-state index is 13.4. The predicted octanol–water partition coefficient (Wildman–Crippen LogP) is 4.31. The minimum Gasteiger partial charge on any atom is -0.335 e. The summed E-state index contributed by atoms with van der Waals surface area (Å²) in [6, 6.07) is 8.65. The van der Waals surface area contributed by atoms with Crippen LogP contribution < -0.4 is 11.2 Å². The van der Waals surface area contributed by atoms with Crippen LogP contribution in [-0.4, -0.2) is 36.0 Å². The monoisotopic (exact) mass is 493 g/mol. The number of benzene rings is 1. The fourth-order valence-corrected chi connectivity index (χ4v) is 4.75. The summed E-state index contributed by atoms with van der Waals surface area (Å²) in [6.07, 6.45) is 7.65. The molecule has 1 aliphatic carbocycles. The van der Waals surface area contributed by atoms with Gasteiger partial charge in [0.05, 0.1) is 0 Å². The van der Waals surface area contributed by atoms with Crippen molar-refractivity contribution in [2.24, 2.45) is 0 Å². The number of nitrogens with zero attached hydrogens (tertiary/aromatic N) is 4. The highest BCUT2D eigenvalue weighted by Gasteiger charge is 2.32. The normalized spacial score (nSPS) is 13.4. The molecule has 0 bridgehead atoms. The smallest absolute Gasteiger partial charge is 0.330 e. The largest absolute Gasteiger partial charge is 0.335 e. The Morgan fingerprint density at radius 2 is 1.72 bits per heavy atom.